The molecule has 1 aliphatic heterocycles. The Balaban J connectivity index is 1.39. The number of hydrogen-bond donors (Lipinski definition) is 1. The first kappa shape index (κ1) is 22.1. The zero-order chi connectivity index (χ0) is 21.4. The molecule has 30 heavy (non-hydrogen) atoms. The molecule has 0 saturated carbocycles. The van der Waals surface area contributed by atoms with E-state index in [1.54, 1.807) is 11.4 Å². The van der Waals surface area contributed by atoms with Crippen LogP contribution in [0.2, 0.25) is 0 Å². The van der Waals surface area contributed by atoms with Gasteiger partial charge in [-0.3, -0.25) is 4.79 Å². The molecular formula is C22H29N3O4S. The van der Waals surface area contributed by atoms with Gasteiger partial charge in [-0.05, 0) is 36.2 Å². The molecule has 3 rings (SSSR count). The standard InChI is InChI=1S/C22H29N3O4S/c1-29-21-10-8-20(9-11-21)24-13-15-25(16-14-24)30(27,28)17-5-12-23-22(26)18-19-6-3-2-4-7-19/h2-4,6-11H,5,12-18H2,1H3,(H,23,26). The smallest absolute Gasteiger partial charge is 0.224 e. The average molecular weight is 432 g/mol. The predicted molar refractivity (Wildman–Crippen MR) is 118 cm³/mol. The number of benzene rings is 2. The first-order chi connectivity index (χ1) is 14.5. The van der Waals surface area contributed by atoms with Gasteiger partial charge in [0, 0.05) is 38.4 Å². The van der Waals surface area contributed by atoms with Crippen molar-refractivity contribution in [1.29, 1.82) is 0 Å². The number of carbonyl (C=O) groups excluding carboxylic acids is 1. The second kappa shape index (κ2) is 10.4. The number of anilines is 1. The number of ether oxygens (including phenoxy) is 1. The van der Waals surface area contributed by atoms with Crippen LogP contribution in [0.5, 0.6) is 5.75 Å². The van der Waals surface area contributed by atoms with Gasteiger partial charge < -0.3 is 15.0 Å². The van der Waals surface area contributed by atoms with Crippen LogP contribution < -0.4 is 15.0 Å². The molecule has 1 fully saturated rings. The van der Waals surface area contributed by atoms with E-state index in [0.29, 0.717) is 45.6 Å². The number of nitrogens with one attached hydrogen (secondary N) is 1. The Bertz CT molecular complexity index is 909. The molecule has 1 N–H and O–H groups in total. The van der Waals surface area contributed by atoms with Crippen molar-refractivity contribution in [2.24, 2.45) is 0 Å². The van der Waals surface area contributed by atoms with Crippen LogP contribution in [0.25, 0.3) is 0 Å². The quantitative estimate of drug-likeness (QED) is 0.614. The molecule has 0 atom stereocenters. The van der Waals surface area contributed by atoms with E-state index in [4.69, 9.17) is 4.74 Å². The summed E-state index contributed by atoms with van der Waals surface area (Å²) >= 11 is 0. The minimum absolute atomic E-state index is 0.0428. The molecule has 0 aromatic heterocycles. The summed E-state index contributed by atoms with van der Waals surface area (Å²) in [5.74, 6) is 0.753. The predicted octanol–water partition coefficient (Wildman–Crippen LogP) is 1.90. The first-order valence-electron chi connectivity index (χ1n) is 10.2. The van der Waals surface area contributed by atoms with Crippen molar-refractivity contribution in [1.82, 2.24) is 9.62 Å². The van der Waals surface area contributed by atoms with Gasteiger partial charge in [0.15, 0.2) is 0 Å². The van der Waals surface area contributed by atoms with Crippen molar-refractivity contribution in [2.75, 3.05) is 50.5 Å². The van der Waals surface area contributed by atoms with Gasteiger partial charge in [0.05, 0.1) is 19.3 Å². The van der Waals surface area contributed by atoms with Crippen molar-refractivity contribution in [3.05, 3.63) is 60.2 Å². The molecule has 1 saturated heterocycles. The summed E-state index contributed by atoms with van der Waals surface area (Å²) < 4.78 is 32.0. The van der Waals surface area contributed by atoms with Gasteiger partial charge in [0.25, 0.3) is 0 Å². The highest BCUT2D eigenvalue weighted by Crippen LogP contribution is 2.21. The van der Waals surface area contributed by atoms with Crippen LogP contribution in [0.3, 0.4) is 0 Å². The van der Waals surface area contributed by atoms with Crippen molar-refractivity contribution in [3.63, 3.8) is 0 Å². The topological polar surface area (TPSA) is 79.0 Å². The third-order valence-electron chi connectivity index (χ3n) is 5.18. The van der Waals surface area contributed by atoms with Crippen LogP contribution in [-0.2, 0) is 21.2 Å². The monoisotopic (exact) mass is 431 g/mol. The molecule has 8 heteroatoms. The van der Waals surface area contributed by atoms with Gasteiger partial charge in [-0.2, -0.15) is 4.31 Å². The number of piperazine rings is 1. The van der Waals surface area contributed by atoms with Crippen LogP contribution in [0.15, 0.2) is 54.6 Å². The van der Waals surface area contributed by atoms with Gasteiger partial charge in [0.1, 0.15) is 5.75 Å². The highest BCUT2D eigenvalue weighted by atomic mass is 32.2. The molecule has 1 aliphatic rings. The lowest BCUT2D eigenvalue weighted by Gasteiger charge is -2.35. The number of methoxy groups -OCH3 is 1. The third-order valence-corrected chi connectivity index (χ3v) is 7.13. The summed E-state index contributed by atoms with van der Waals surface area (Å²) in [6, 6.07) is 17.3. The maximum atomic E-state index is 12.6. The van der Waals surface area contributed by atoms with Crippen LogP contribution in [-0.4, -0.2) is 64.2 Å². The molecule has 1 amide bonds. The lowest BCUT2D eigenvalue weighted by molar-refractivity contribution is -0.120. The van der Waals surface area contributed by atoms with Crippen LogP contribution in [0.4, 0.5) is 5.69 Å². The zero-order valence-electron chi connectivity index (χ0n) is 17.3. The number of carbonyl (C=O) groups is 1. The number of amides is 1. The van der Waals surface area contributed by atoms with Gasteiger partial charge in [-0.25, -0.2) is 8.42 Å². The van der Waals surface area contributed by atoms with E-state index >= 15 is 0 Å². The Morgan fingerprint density at radius 2 is 1.67 bits per heavy atom. The highest BCUT2D eigenvalue weighted by Gasteiger charge is 2.26. The molecule has 0 spiro atoms. The van der Waals surface area contributed by atoms with E-state index in [9.17, 15) is 13.2 Å². The van der Waals surface area contributed by atoms with E-state index in [0.717, 1.165) is 17.0 Å². The Morgan fingerprint density at radius 3 is 2.30 bits per heavy atom. The van der Waals surface area contributed by atoms with Crippen LogP contribution >= 0.6 is 0 Å². The SMILES string of the molecule is COc1ccc(N2CCN(S(=O)(=O)CCCNC(=O)Cc3ccccc3)CC2)cc1. The molecule has 162 valence electrons. The van der Waals surface area contributed by atoms with E-state index < -0.39 is 10.0 Å². The summed E-state index contributed by atoms with van der Waals surface area (Å²) in [6.45, 7) is 2.60. The lowest BCUT2D eigenvalue weighted by atomic mass is 10.1. The van der Waals surface area contributed by atoms with Crippen molar-refractivity contribution >= 4 is 21.6 Å². The van der Waals surface area contributed by atoms with Gasteiger partial charge >= 0.3 is 0 Å². The maximum Gasteiger partial charge on any atom is 0.224 e. The molecule has 0 unspecified atom stereocenters. The molecule has 7 nitrogen and oxygen atoms in total. The highest BCUT2D eigenvalue weighted by molar-refractivity contribution is 7.89. The van der Waals surface area contributed by atoms with E-state index in [2.05, 4.69) is 10.2 Å². The molecule has 0 radical (unpaired) electrons. The average Bonchev–Trinajstić information content (AvgIpc) is 2.78. The van der Waals surface area contributed by atoms with Crippen LogP contribution in [0, 0.1) is 0 Å². The van der Waals surface area contributed by atoms with E-state index in [-0.39, 0.29) is 11.7 Å². The van der Waals surface area contributed by atoms with Crippen molar-refractivity contribution < 1.29 is 17.9 Å². The Kier molecular flexibility index (Phi) is 7.70. The first-order valence-corrected chi connectivity index (χ1v) is 11.8. The summed E-state index contributed by atoms with van der Waals surface area (Å²) in [5, 5.41) is 2.80. The Morgan fingerprint density at radius 1 is 1.00 bits per heavy atom. The Labute approximate surface area is 178 Å². The fourth-order valence-electron chi connectivity index (χ4n) is 3.47. The molecule has 2 aromatic carbocycles. The molecule has 2 aromatic rings. The summed E-state index contributed by atoms with van der Waals surface area (Å²) in [4.78, 5) is 14.1. The molecular weight excluding hydrogens is 402 g/mol. The molecule has 0 bridgehead atoms. The second-order valence-electron chi connectivity index (χ2n) is 7.27. The van der Waals surface area contributed by atoms with Crippen molar-refractivity contribution in [3.8, 4) is 5.75 Å². The zero-order valence-corrected chi connectivity index (χ0v) is 18.1. The minimum Gasteiger partial charge on any atom is -0.497 e. The van der Waals surface area contributed by atoms with Crippen molar-refractivity contribution in [2.45, 2.75) is 12.8 Å². The fourth-order valence-corrected chi connectivity index (χ4v) is 4.96. The largest absolute Gasteiger partial charge is 0.497 e. The number of rotatable bonds is 9. The Hall–Kier alpha value is -2.58. The fraction of sp³-hybridized carbons (Fsp3) is 0.409. The number of nitrogens with zero attached hydrogens (tertiary/aromatic N) is 2. The number of sulfonamides is 1. The second-order valence-corrected chi connectivity index (χ2v) is 9.35. The third kappa shape index (κ3) is 6.21. The van der Waals surface area contributed by atoms with Crippen LogP contribution in [0.1, 0.15) is 12.0 Å². The van der Waals surface area contributed by atoms with Gasteiger partial charge in [0.2, 0.25) is 15.9 Å². The number of hydrogen-bond acceptors (Lipinski definition) is 5. The summed E-state index contributed by atoms with van der Waals surface area (Å²) in [6.07, 6.45) is 0.711. The maximum absolute atomic E-state index is 12.6. The normalized spacial score (nSPS) is 15.0. The molecule has 1 heterocycles. The molecule has 0 aliphatic carbocycles. The van der Waals surface area contributed by atoms with E-state index in [1.165, 1.54) is 0 Å². The minimum atomic E-state index is -3.32. The van der Waals surface area contributed by atoms with E-state index in [1.807, 2.05) is 54.6 Å². The summed E-state index contributed by atoms with van der Waals surface area (Å²) in [7, 11) is -1.69. The van der Waals surface area contributed by atoms with Gasteiger partial charge in [-0.1, -0.05) is 30.3 Å². The van der Waals surface area contributed by atoms with Gasteiger partial charge in [-0.15, -0.1) is 0 Å². The summed E-state index contributed by atoms with van der Waals surface area (Å²) in [5.41, 5.74) is 2.01. The lowest BCUT2D eigenvalue weighted by Crippen LogP contribution is -2.49.